The summed E-state index contributed by atoms with van der Waals surface area (Å²) >= 11 is 11.3. The van der Waals surface area contributed by atoms with E-state index in [2.05, 4.69) is 15.9 Å². The first-order valence-electron chi connectivity index (χ1n) is 5.93. The molecular formula is C15H7BrClF3S. The minimum absolute atomic E-state index is 0.188. The highest BCUT2D eigenvalue weighted by Gasteiger charge is 2.20. The van der Waals surface area contributed by atoms with E-state index < -0.39 is 22.8 Å². The number of rotatable bonds is 2. The van der Waals surface area contributed by atoms with E-state index in [0.29, 0.717) is 0 Å². The van der Waals surface area contributed by atoms with Crippen LogP contribution >= 0.6 is 38.9 Å². The lowest BCUT2D eigenvalue weighted by Gasteiger charge is -2.10. The van der Waals surface area contributed by atoms with Crippen molar-refractivity contribution in [2.45, 2.75) is 5.38 Å². The molecule has 1 heterocycles. The number of halogens is 5. The molecule has 2 aromatic carbocycles. The number of benzene rings is 2. The third kappa shape index (κ3) is 2.58. The molecule has 0 bridgehead atoms. The minimum Gasteiger partial charge on any atom is -0.204 e. The van der Waals surface area contributed by atoms with Crippen LogP contribution in [-0.4, -0.2) is 0 Å². The average Bonchev–Trinajstić information content (AvgIpc) is 2.89. The van der Waals surface area contributed by atoms with E-state index in [1.807, 2.05) is 23.6 Å². The average molecular weight is 392 g/mol. The molecule has 3 rings (SSSR count). The summed E-state index contributed by atoms with van der Waals surface area (Å²) in [6.07, 6.45) is 0. The minimum atomic E-state index is -1.49. The van der Waals surface area contributed by atoms with Crippen molar-refractivity contribution in [3.05, 3.63) is 68.8 Å². The Bertz CT molecular complexity index is 808. The molecule has 0 aliphatic rings. The molecular weight excluding hydrogens is 385 g/mol. The summed E-state index contributed by atoms with van der Waals surface area (Å²) < 4.78 is 41.6. The van der Waals surface area contributed by atoms with Crippen LogP contribution in [-0.2, 0) is 0 Å². The lowest BCUT2D eigenvalue weighted by molar-refractivity contribution is 0.445. The molecule has 108 valence electrons. The second kappa shape index (κ2) is 5.63. The summed E-state index contributed by atoms with van der Waals surface area (Å²) in [6.45, 7) is 0. The van der Waals surface area contributed by atoms with Gasteiger partial charge in [0, 0.05) is 9.17 Å². The Hall–Kier alpha value is -1.04. The van der Waals surface area contributed by atoms with Gasteiger partial charge >= 0.3 is 0 Å². The molecule has 0 amide bonds. The first-order chi connectivity index (χ1) is 9.99. The molecule has 0 saturated heterocycles. The number of hydrogen-bond acceptors (Lipinski definition) is 1. The van der Waals surface area contributed by atoms with E-state index in [1.54, 1.807) is 0 Å². The maximum Gasteiger partial charge on any atom is 0.194 e. The van der Waals surface area contributed by atoms with E-state index in [9.17, 15) is 13.2 Å². The van der Waals surface area contributed by atoms with E-state index >= 15 is 0 Å². The summed E-state index contributed by atoms with van der Waals surface area (Å²) in [7, 11) is 0. The first kappa shape index (κ1) is 14.9. The molecule has 0 aliphatic heterocycles. The van der Waals surface area contributed by atoms with Crippen molar-refractivity contribution in [2.75, 3.05) is 0 Å². The Kier molecular flexibility index (Phi) is 3.99. The summed E-state index contributed by atoms with van der Waals surface area (Å²) in [6, 6.07) is 7.51. The van der Waals surface area contributed by atoms with Gasteiger partial charge in [0.15, 0.2) is 17.5 Å². The third-order valence-electron chi connectivity index (χ3n) is 3.15. The smallest absolute Gasteiger partial charge is 0.194 e. The second-order valence-corrected chi connectivity index (χ2v) is 6.64. The van der Waals surface area contributed by atoms with Crippen molar-refractivity contribution in [3.8, 4) is 0 Å². The standard InChI is InChI=1S/C15H7BrClF3S/c16-10-3-1-2-8-9(6-21-15(8)10)13(17)7-4-11(18)14(20)12(19)5-7/h1-6,13H. The van der Waals surface area contributed by atoms with Crippen LogP contribution < -0.4 is 0 Å². The number of fused-ring (bicyclic) bond motifs is 1. The largest absolute Gasteiger partial charge is 0.204 e. The fourth-order valence-corrected chi connectivity index (χ4v) is 4.17. The second-order valence-electron chi connectivity index (χ2n) is 4.47. The van der Waals surface area contributed by atoms with Crippen molar-refractivity contribution in [2.24, 2.45) is 0 Å². The highest BCUT2D eigenvalue weighted by molar-refractivity contribution is 9.10. The molecule has 0 spiro atoms. The van der Waals surface area contributed by atoms with Crippen LogP contribution in [0.4, 0.5) is 13.2 Å². The van der Waals surface area contributed by atoms with E-state index in [4.69, 9.17) is 11.6 Å². The maximum absolute atomic E-state index is 13.3. The van der Waals surface area contributed by atoms with Crippen LogP contribution in [0.2, 0.25) is 0 Å². The molecule has 1 atom stereocenters. The van der Waals surface area contributed by atoms with Gasteiger partial charge in [-0.1, -0.05) is 12.1 Å². The number of alkyl halides is 1. The number of thiophene rings is 1. The van der Waals surface area contributed by atoms with Gasteiger partial charge in [0.1, 0.15) is 0 Å². The van der Waals surface area contributed by atoms with Crippen molar-refractivity contribution < 1.29 is 13.2 Å². The van der Waals surface area contributed by atoms with E-state index in [0.717, 1.165) is 32.3 Å². The molecule has 21 heavy (non-hydrogen) atoms. The quantitative estimate of drug-likeness (QED) is 0.350. The van der Waals surface area contributed by atoms with Gasteiger partial charge in [0.05, 0.1) is 5.38 Å². The van der Waals surface area contributed by atoms with Crippen molar-refractivity contribution in [1.82, 2.24) is 0 Å². The van der Waals surface area contributed by atoms with Crippen molar-refractivity contribution in [3.63, 3.8) is 0 Å². The SMILES string of the molecule is Fc1cc(C(Cl)c2csc3c(Br)cccc23)cc(F)c1F. The molecule has 0 nitrogen and oxygen atoms in total. The normalized spacial score (nSPS) is 12.8. The van der Waals surface area contributed by atoms with Gasteiger partial charge in [-0.05, 0) is 56.0 Å². The summed E-state index contributed by atoms with van der Waals surface area (Å²) in [5.41, 5.74) is 0.927. The zero-order valence-electron chi connectivity index (χ0n) is 10.3. The van der Waals surface area contributed by atoms with Gasteiger partial charge < -0.3 is 0 Å². The Balaban J connectivity index is 2.13. The van der Waals surface area contributed by atoms with Crippen LogP contribution in [0.3, 0.4) is 0 Å². The molecule has 1 aromatic heterocycles. The van der Waals surface area contributed by atoms with Gasteiger partial charge in [-0.25, -0.2) is 13.2 Å². The van der Waals surface area contributed by atoms with Crippen molar-refractivity contribution >= 4 is 49.0 Å². The lowest BCUT2D eigenvalue weighted by atomic mass is 10.0. The van der Waals surface area contributed by atoms with E-state index in [1.165, 1.54) is 11.3 Å². The Morgan fingerprint density at radius 2 is 1.76 bits per heavy atom. The van der Waals surface area contributed by atoms with Crippen LogP contribution in [0.1, 0.15) is 16.5 Å². The molecule has 0 radical (unpaired) electrons. The van der Waals surface area contributed by atoms with Gasteiger partial charge in [0.25, 0.3) is 0 Å². The monoisotopic (exact) mass is 390 g/mol. The van der Waals surface area contributed by atoms with Gasteiger partial charge in [-0.2, -0.15) is 0 Å². The van der Waals surface area contributed by atoms with Gasteiger partial charge in [0.2, 0.25) is 0 Å². The predicted molar refractivity (Wildman–Crippen MR) is 83.5 cm³/mol. The molecule has 0 N–H and O–H groups in total. The highest BCUT2D eigenvalue weighted by atomic mass is 79.9. The Morgan fingerprint density at radius 3 is 2.43 bits per heavy atom. The summed E-state index contributed by atoms with van der Waals surface area (Å²) in [4.78, 5) is 0. The van der Waals surface area contributed by atoms with Crippen molar-refractivity contribution in [1.29, 1.82) is 0 Å². The van der Waals surface area contributed by atoms with Crippen LogP contribution in [0, 0.1) is 17.5 Å². The lowest BCUT2D eigenvalue weighted by Crippen LogP contribution is -1.98. The Labute approximate surface area is 136 Å². The van der Waals surface area contributed by atoms with Gasteiger partial charge in [-0.3, -0.25) is 0 Å². The van der Waals surface area contributed by atoms with Gasteiger partial charge in [-0.15, -0.1) is 22.9 Å². The zero-order chi connectivity index (χ0) is 15.1. The molecule has 0 fully saturated rings. The van der Waals surface area contributed by atoms with Crippen LogP contribution in [0.25, 0.3) is 10.1 Å². The summed E-state index contributed by atoms with van der Waals surface area (Å²) in [5.74, 6) is -3.96. The topological polar surface area (TPSA) is 0 Å². The molecule has 6 heteroatoms. The molecule has 0 saturated carbocycles. The predicted octanol–water partition coefficient (Wildman–Crippen LogP) is 6.41. The highest BCUT2D eigenvalue weighted by Crippen LogP contribution is 2.40. The maximum atomic E-state index is 13.3. The zero-order valence-corrected chi connectivity index (χ0v) is 13.5. The molecule has 1 unspecified atom stereocenters. The fourth-order valence-electron chi connectivity index (χ4n) is 2.14. The summed E-state index contributed by atoms with van der Waals surface area (Å²) in [5, 5.41) is 1.99. The third-order valence-corrected chi connectivity index (χ3v) is 5.61. The number of hydrogen-bond donors (Lipinski definition) is 0. The molecule has 0 aliphatic carbocycles. The fraction of sp³-hybridized carbons (Fsp3) is 0.0667. The Morgan fingerprint density at radius 1 is 1.10 bits per heavy atom. The van der Waals surface area contributed by atoms with E-state index in [-0.39, 0.29) is 5.56 Å². The first-order valence-corrected chi connectivity index (χ1v) is 8.04. The molecule has 3 aromatic rings. The van der Waals surface area contributed by atoms with Crippen LogP contribution in [0.15, 0.2) is 40.2 Å². The van der Waals surface area contributed by atoms with Crippen LogP contribution in [0.5, 0.6) is 0 Å².